The van der Waals surface area contributed by atoms with E-state index < -0.39 is 11.7 Å². The molecule has 1 saturated carbocycles. The van der Waals surface area contributed by atoms with Gasteiger partial charge in [0.15, 0.2) is 0 Å². The first-order valence-corrected chi connectivity index (χ1v) is 13.1. The maximum atomic E-state index is 13.4. The highest BCUT2D eigenvalue weighted by atomic mass is 19.4. The first-order chi connectivity index (χ1) is 17.8. The number of ether oxygens (including phenoxy) is 2. The number of benzene rings is 2. The van der Waals surface area contributed by atoms with E-state index >= 15 is 0 Å². The molecule has 2 aromatic rings. The van der Waals surface area contributed by atoms with Gasteiger partial charge in [-0.05, 0) is 42.0 Å². The van der Waals surface area contributed by atoms with Crippen LogP contribution in [0.2, 0.25) is 0 Å². The van der Waals surface area contributed by atoms with Crippen LogP contribution in [0.3, 0.4) is 0 Å². The van der Waals surface area contributed by atoms with E-state index in [-0.39, 0.29) is 23.7 Å². The number of halogens is 3. The standard InChI is InChI=1S/C29H37F3N2O3/c1-36-15-14-34(28(35)22-9-3-4-10-22)19-23-18-33(17-21-8-7-11-24(16-21)29(30,31)32)20-26(23)25-12-5-6-13-27(25)37-2/h5-8,11-13,16,22-23,26H,3-4,9-10,14-15,17-20H2,1-2H3. The molecule has 2 aliphatic rings. The first kappa shape index (κ1) is 27.5. The zero-order valence-electron chi connectivity index (χ0n) is 21.7. The lowest BCUT2D eigenvalue weighted by molar-refractivity contribution is -0.138. The normalized spacial score (nSPS) is 20.9. The van der Waals surface area contributed by atoms with Crippen molar-refractivity contribution in [2.75, 3.05) is 47.0 Å². The molecule has 2 aromatic carbocycles. The molecule has 1 heterocycles. The Labute approximate surface area is 217 Å². The van der Waals surface area contributed by atoms with Crippen molar-refractivity contribution in [3.05, 3.63) is 65.2 Å². The molecule has 37 heavy (non-hydrogen) atoms. The Balaban J connectivity index is 1.57. The molecular formula is C29H37F3N2O3. The van der Waals surface area contributed by atoms with Crippen molar-refractivity contribution in [3.8, 4) is 5.75 Å². The predicted octanol–water partition coefficient (Wildman–Crippen LogP) is 5.59. The number of rotatable bonds is 10. The summed E-state index contributed by atoms with van der Waals surface area (Å²) in [4.78, 5) is 17.6. The van der Waals surface area contributed by atoms with Gasteiger partial charge in [0.05, 0.1) is 19.3 Å². The molecule has 2 unspecified atom stereocenters. The van der Waals surface area contributed by atoms with Crippen LogP contribution in [0.4, 0.5) is 13.2 Å². The van der Waals surface area contributed by atoms with E-state index in [1.165, 1.54) is 12.1 Å². The summed E-state index contributed by atoms with van der Waals surface area (Å²) in [7, 11) is 3.29. The van der Waals surface area contributed by atoms with E-state index in [0.29, 0.717) is 44.9 Å². The van der Waals surface area contributed by atoms with Gasteiger partial charge in [0.25, 0.3) is 0 Å². The monoisotopic (exact) mass is 518 g/mol. The fraction of sp³-hybridized carbons (Fsp3) is 0.552. The SMILES string of the molecule is COCCN(CC1CN(Cc2cccc(C(F)(F)F)c2)CC1c1ccccc1OC)C(=O)C1CCCC1. The lowest BCUT2D eigenvalue weighted by atomic mass is 9.87. The maximum Gasteiger partial charge on any atom is 0.416 e. The maximum absolute atomic E-state index is 13.4. The zero-order chi connectivity index (χ0) is 26.4. The molecule has 0 aromatic heterocycles. The van der Waals surface area contributed by atoms with E-state index in [4.69, 9.17) is 9.47 Å². The highest BCUT2D eigenvalue weighted by molar-refractivity contribution is 5.79. The Morgan fingerprint density at radius 3 is 2.51 bits per heavy atom. The Bertz CT molecular complexity index is 1040. The van der Waals surface area contributed by atoms with Crippen molar-refractivity contribution in [2.24, 2.45) is 11.8 Å². The van der Waals surface area contributed by atoms with Gasteiger partial charge in [-0.2, -0.15) is 13.2 Å². The quantitative estimate of drug-likeness (QED) is 0.411. The van der Waals surface area contributed by atoms with Gasteiger partial charge in [-0.1, -0.05) is 49.2 Å². The summed E-state index contributed by atoms with van der Waals surface area (Å²) in [5, 5.41) is 0. The van der Waals surface area contributed by atoms with Crippen LogP contribution < -0.4 is 4.74 Å². The molecule has 202 valence electrons. The number of hydrogen-bond acceptors (Lipinski definition) is 4. The smallest absolute Gasteiger partial charge is 0.416 e. The molecule has 2 fully saturated rings. The van der Waals surface area contributed by atoms with Crippen molar-refractivity contribution in [1.29, 1.82) is 0 Å². The number of amides is 1. The highest BCUT2D eigenvalue weighted by Crippen LogP contribution is 2.39. The molecule has 1 aliphatic heterocycles. The van der Waals surface area contributed by atoms with Gasteiger partial charge in [0.1, 0.15) is 5.75 Å². The van der Waals surface area contributed by atoms with Crippen LogP contribution in [-0.4, -0.2) is 62.7 Å². The van der Waals surface area contributed by atoms with Gasteiger partial charge in [-0.25, -0.2) is 0 Å². The molecule has 1 saturated heterocycles. The molecule has 0 spiro atoms. The summed E-state index contributed by atoms with van der Waals surface area (Å²) in [5.74, 6) is 1.27. The van der Waals surface area contributed by atoms with E-state index in [0.717, 1.165) is 43.1 Å². The molecule has 5 nitrogen and oxygen atoms in total. The highest BCUT2D eigenvalue weighted by Gasteiger charge is 2.38. The summed E-state index contributed by atoms with van der Waals surface area (Å²) in [6, 6.07) is 13.5. The minimum absolute atomic E-state index is 0.0733. The number of nitrogens with zero attached hydrogens (tertiary/aromatic N) is 2. The van der Waals surface area contributed by atoms with Crippen LogP contribution in [0.5, 0.6) is 5.75 Å². The van der Waals surface area contributed by atoms with Crippen molar-refractivity contribution in [1.82, 2.24) is 9.80 Å². The average molecular weight is 519 g/mol. The van der Waals surface area contributed by atoms with Crippen molar-refractivity contribution in [2.45, 2.75) is 44.3 Å². The van der Waals surface area contributed by atoms with E-state index in [2.05, 4.69) is 11.0 Å². The van der Waals surface area contributed by atoms with Crippen LogP contribution in [-0.2, 0) is 22.3 Å². The van der Waals surface area contributed by atoms with Gasteiger partial charge in [0, 0.05) is 51.7 Å². The summed E-state index contributed by atoms with van der Waals surface area (Å²) >= 11 is 0. The van der Waals surface area contributed by atoms with Crippen LogP contribution in [0.25, 0.3) is 0 Å². The number of likely N-dealkylation sites (tertiary alicyclic amines) is 1. The number of carbonyl (C=O) groups excluding carboxylic acids is 1. The minimum atomic E-state index is -4.37. The van der Waals surface area contributed by atoms with Gasteiger partial charge < -0.3 is 14.4 Å². The Morgan fingerprint density at radius 2 is 1.81 bits per heavy atom. The Kier molecular flexibility index (Phi) is 9.13. The molecule has 0 N–H and O–H groups in total. The molecule has 0 bridgehead atoms. The average Bonchev–Trinajstić information content (AvgIpc) is 3.56. The molecule has 1 aliphatic carbocycles. The van der Waals surface area contributed by atoms with Crippen LogP contribution in [0, 0.1) is 11.8 Å². The van der Waals surface area contributed by atoms with E-state index in [9.17, 15) is 18.0 Å². The third-order valence-corrected chi connectivity index (χ3v) is 7.75. The van der Waals surface area contributed by atoms with Gasteiger partial charge in [-0.15, -0.1) is 0 Å². The number of alkyl halides is 3. The fourth-order valence-electron chi connectivity index (χ4n) is 5.91. The lowest BCUT2D eigenvalue weighted by Crippen LogP contribution is -2.42. The van der Waals surface area contributed by atoms with E-state index in [1.807, 2.05) is 23.1 Å². The van der Waals surface area contributed by atoms with Crippen LogP contribution in [0.1, 0.15) is 48.3 Å². The molecule has 0 radical (unpaired) electrons. The second kappa shape index (κ2) is 12.3. The molecule has 1 amide bonds. The molecule has 2 atom stereocenters. The number of carbonyl (C=O) groups is 1. The summed E-state index contributed by atoms with van der Waals surface area (Å²) in [6.07, 6.45) is -0.319. The predicted molar refractivity (Wildman–Crippen MR) is 136 cm³/mol. The minimum Gasteiger partial charge on any atom is -0.496 e. The van der Waals surface area contributed by atoms with Crippen LogP contribution in [0.15, 0.2) is 48.5 Å². The van der Waals surface area contributed by atoms with E-state index in [1.54, 1.807) is 20.3 Å². The van der Waals surface area contributed by atoms with Crippen molar-refractivity contribution < 1.29 is 27.4 Å². The Morgan fingerprint density at radius 1 is 1.05 bits per heavy atom. The fourth-order valence-corrected chi connectivity index (χ4v) is 5.91. The second-order valence-corrected chi connectivity index (χ2v) is 10.3. The van der Waals surface area contributed by atoms with Gasteiger partial charge >= 0.3 is 6.18 Å². The second-order valence-electron chi connectivity index (χ2n) is 10.3. The molecule has 4 rings (SSSR count). The van der Waals surface area contributed by atoms with Gasteiger partial charge in [0.2, 0.25) is 5.91 Å². The first-order valence-electron chi connectivity index (χ1n) is 13.1. The topological polar surface area (TPSA) is 42.0 Å². The Hall–Kier alpha value is -2.58. The summed E-state index contributed by atoms with van der Waals surface area (Å²) in [6.45, 7) is 3.37. The third kappa shape index (κ3) is 6.85. The molecule has 8 heteroatoms. The third-order valence-electron chi connectivity index (χ3n) is 7.75. The molecular weight excluding hydrogens is 481 g/mol. The van der Waals surface area contributed by atoms with Crippen molar-refractivity contribution >= 4 is 5.91 Å². The summed E-state index contributed by atoms with van der Waals surface area (Å²) in [5.41, 5.74) is 1.07. The van der Waals surface area contributed by atoms with Crippen LogP contribution >= 0.6 is 0 Å². The number of methoxy groups -OCH3 is 2. The number of para-hydroxylation sites is 1. The zero-order valence-corrected chi connectivity index (χ0v) is 21.7. The van der Waals surface area contributed by atoms with Gasteiger partial charge in [-0.3, -0.25) is 9.69 Å². The largest absolute Gasteiger partial charge is 0.496 e. The number of hydrogen-bond donors (Lipinski definition) is 0. The summed E-state index contributed by atoms with van der Waals surface area (Å²) < 4.78 is 50.8. The lowest BCUT2D eigenvalue weighted by Gasteiger charge is -2.30. The van der Waals surface area contributed by atoms with Crippen molar-refractivity contribution in [3.63, 3.8) is 0 Å².